The van der Waals surface area contributed by atoms with Crippen LogP contribution in [0.5, 0.6) is 0 Å². The largest absolute Gasteiger partial charge is 0.135 e. The van der Waals surface area contributed by atoms with Gasteiger partial charge in [0.2, 0.25) is 0 Å². The molecule has 0 aliphatic rings. The van der Waals surface area contributed by atoms with Crippen LogP contribution in [0.2, 0.25) is 0 Å². The Labute approximate surface area is 221 Å². The van der Waals surface area contributed by atoms with E-state index in [1.165, 1.54) is 69.9 Å². The summed E-state index contributed by atoms with van der Waals surface area (Å²) in [5, 5.41) is 5.23. The molecule has 0 atom stereocenters. The third-order valence-corrected chi connectivity index (χ3v) is 8.69. The first-order valence-electron chi connectivity index (χ1n) is 12.9. The van der Waals surface area contributed by atoms with Crippen LogP contribution in [0.1, 0.15) is 12.5 Å². The van der Waals surface area contributed by atoms with Gasteiger partial charge in [-0.3, -0.25) is 0 Å². The van der Waals surface area contributed by atoms with Gasteiger partial charge in [0.25, 0.3) is 0 Å². The topological polar surface area (TPSA) is 0 Å². The van der Waals surface area contributed by atoms with E-state index in [2.05, 4.69) is 134 Å². The third kappa shape index (κ3) is 3.93. The maximum atomic E-state index is 2.31. The molecule has 0 aliphatic heterocycles. The van der Waals surface area contributed by atoms with Crippen molar-refractivity contribution in [3.63, 3.8) is 0 Å². The molecule has 0 nitrogen and oxygen atoms in total. The van der Waals surface area contributed by atoms with Gasteiger partial charge in [0.15, 0.2) is 0 Å². The maximum absolute atomic E-state index is 2.31. The average Bonchev–Trinajstić information content (AvgIpc) is 3.36. The molecular formula is C36H26S. The van der Waals surface area contributed by atoms with Crippen molar-refractivity contribution in [1.29, 1.82) is 0 Å². The van der Waals surface area contributed by atoms with Crippen LogP contribution in [-0.2, 0) is 6.42 Å². The van der Waals surface area contributed by atoms with E-state index in [9.17, 15) is 0 Å². The van der Waals surface area contributed by atoms with E-state index in [4.69, 9.17) is 0 Å². The van der Waals surface area contributed by atoms with Crippen LogP contribution in [0.4, 0.5) is 0 Å². The second-order valence-electron chi connectivity index (χ2n) is 9.69. The second-order valence-corrected chi connectivity index (χ2v) is 10.7. The first-order valence-corrected chi connectivity index (χ1v) is 13.7. The molecule has 0 radical (unpaired) electrons. The van der Waals surface area contributed by atoms with Crippen LogP contribution in [0.25, 0.3) is 64.3 Å². The number of rotatable bonds is 4. The number of aryl methyl sites for hydroxylation is 1. The summed E-state index contributed by atoms with van der Waals surface area (Å²) in [5.74, 6) is 0. The Morgan fingerprint density at radius 3 is 1.73 bits per heavy atom. The minimum Gasteiger partial charge on any atom is -0.135 e. The smallest absolute Gasteiger partial charge is 0.0433 e. The van der Waals surface area contributed by atoms with Gasteiger partial charge in [-0.2, -0.15) is 0 Å². The molecule has 0 bridgehead atoms. The number of thiophene rings is 1. The van der Waals surface area contributed by atoms with Crippen molar-refractivity contribution < 1.29 is 0 Å². The van der Waals surface area contributed by atoms with Gasteiger partial charge in [-0.1, -0.05) is 116 Å². The number of hydrogen-bond acceptors (Lipinski definition) is 1. The van der Waals surface area contributed by atoms with Gasteiger partial charge < -0.3 is 0 Å². The first-order chi connectivity index (χ1) is 18.3. The molecule has 1 heterocycles. The minimum atomic E-state index is 1.07. The zero-order chi connectivity index (χ0) is 24.8. The Morgan fingerprint density at radius 1 is 0.486 bits per heavy atom. The van der Waals surface area contributed by atoms with Crippen molar-refractivity contribution in [2.45, 2.75) is 13.3 Å². The lowest BCUT2D eigenvalue weighted by Crippen LogP contribution is -1.84. The molecule has 7 aromatic rings. The number of benzene rings is 6. The quantitative estimate of drug-likeness (QED) is 0.230. The predicted molar refractivity (Wildman–Crippen MR) is 163 cm³/mol. The Balaban J connectivity index is 1.21. The van der Waals surface area contributed by atoms with E-state index in [0.717, 1.165) is 6.42 Å². The lowest BCUT2D eigenvalue weighted by atomic mass is 9.96. The van der Waals surface area contributed by atoms with Crippen molar-refractivity contribution in [2.75, 3.05) is 0 Å². The van der Waals surface area contributed by atoms with Crippen LogP contribution >= 0.6 is 11.3 Å². The molecule has 7 rings (SSSR count). The van der Waals surface area contributed by atoms with Gasteiger partial charge in [-0.25, -0.2) is 0 Å². The Morgan fingerprint density at radius 2 is 1.05 bits per heavy atom. The van der Waals surface area contributed by atoms with Crippen molar-refractivity contribution in [3.05, 3.63) is 133 Å². The van der Waals surface area contributed by atoms with Crippen molar-refractivity contribution in [1.82, 2.24) is 0 Å². The summed E-state index contributed by atoms with van der Waals surface area (Å²) in [6, 6.07) is 46.9. The van der Waals surface area contributed by atoms with Gasteiger partial charge in [0, 0.05) is 20.2 Å². The van der Waals surface area contributed by atoms with E-state index in [1.807, 2.05) is 11.3 Å². The molecule has 0 saturated heterocycles. The SMILES string of the molecule is CCc1ccc(-c2ccc3cc(-c4ccc(-c5cccc6c5sc5ccccc56)cc4)ccc3c2)cc1. The third-order valence-electron chi connectivity index (χ3n) is 7.47. The van der Waals surface area contributed by atoms with Crippen LogP contribution in [0.15, 0.2) is 127 Å². The lowest BCUT2D eigenvalue weighted by Gasteiger charge is -2.09. The molecule has 1 heteroatoms. The van der Waals surface area contributed by atoms with Gasteiger partial charge in [0.05, 0.1) is 0 Å². The molecule has 0 fully saturated rings. The van der Waals surface area contributed by atoms with Gasteiger partial charge in [-0.15, -0.1) is 11.3 Å². The van der Waals surface area contributed by atoms with Gasteiger partial charge >= 0.3 is 0 Å². The zero-order valence-corrected chi connectivity index (χ0v) is 21.6. The fraction of sp³-hybridized carbons (Fsp3) is 0.0556. The second kappa shape index (κ2) is 9.03. The standard InChI is InChI=1S/C36H26S/c1-2-24-10-12-25(13-11-24)28-18-20-31-23-29(19-21-30(31)22-28)26-14-16-27(17-15-26)32-7-5-8-34-33-6-3-4-9-35(33)37-36(32)34/h3-23H,2H2,1H3. The van der Waals surface area contributed by atoms with Crippen LogP contribution < -0.4 is 0 Å². The molecule has 176 valence electrons. The summed E-state index contributed by atoms with van der Waals surface area (Å²) in [6.45, 7) is 2.20. The Hall–Kier alpha value is -4.20. The van der Waals surface area contributed by atoms with E-state index >= 15 is 0 Å². The highest BCUT2D eigenvalue weighted by Crippen LogP contribution is 2.40. The summed E-state index contributed by atoms with van der Waals surface area (Å²) in [4.78, 5) is 0. The lowest BCUT2D eigenvalue weighted by molar-refractivity contribution is 1.14. The van der Waals surface area contributed by atoms with E-state index in [0.29, 0.717) is 0 Å². The summed E-state index contributed by atoms with van der Waals surface area (Å²) >= 11 is 1.89. The predicted octanol–water partition coefficient (Wildman–Crippen LogP) is 10.8. The molecule has 0 unspecified atom stereocenters. The molecule has 37 heavy (non-hydrogen) atoms. The number of hydrogen-bond donors (Lipinski definition) is 0. The molecule has 0 spiro atoms. The highest BCUT2D eigenvalue weighted by Gasteiger charge is 2.10. The molecule has 0 N–H and O–H groups in total. The van der Waals surface area contributed by atoms with Crippen molar-refractivity contribution >= 4 is 42.3 Å². The Bertz CT molecular complexity index is 1890. The summed E-state index contributed by atoms with van der Waals surface area (Å²) < 4.78 is 2.71. The van der Waals surface area contributed by atoms with E-state index < -0.39 is 0 Å². The minimum absolute atomic E-state index is 1.07. The molecule has 1 aromatic heterocycles. The molecule has 0 amide bonds. The first kappa shape index (κ1) is 22.0. The van der Waals surface area contributed by atoms with Crippen LogP contribution in [0, 0.1) is 0 Å². The summed E-state index contributed by atoms with van der Waals surface area (Å²) in [6.07, 6.45) is 1.07. The fourth-order valence-electron chi connectivity index (χ4n) is 5.35. The molecular weight excluding hydrogens is 464 g/mol. The van der Waals surface area contributed by atoms with E-state index in [-0.39, 0.29) is 0 Å². The average molecular weight is 491 g/mol. The highest BCUT2D eigenvalue weighted by molar-refractivity contribution is 7.26. The highest BCUT2D eigenvalue weighted by atomic mass is 32.1. The summed E-state index contributed by atoms with van der Waals surface area (Å²) in [7, 11) is 0. The van der Waals surface area contributed by atoms with E-state index in [1.54, 1.807) is 0 Å². The molecule has 6 aromatic carbocycles. The van der Waals surface area contributed by atoms with Gasteiger partial charge in [-0.05, 0) is 74.3 Å². The molecule has 0 aliphatic carbocycles. The monoisotopic (exact) mass is 490 g/mol. The Kier molecular flexibility index (Phi) is 5.38. The fourth-order valence-corrected chi connectivity index (χ4v) is 6.59. The number of fused-ring (bicyclic) bond motifs is 4. The normalized spacial score (nSPS) is 11.5. The maximum Gasteiger partial charge on any atom is 0.0433 e. The molecule has 0 saturated carbocycles. The van der Waals surface area contributed by atoms with Crippen LogP contribution in [0.3, 0.4) is 0 Å². The van der Waals surface area contributed by atoms with Gasteiger partial charge in [0.1, 0.15) is 0 Å². The zero-order valence-electron chi connectivity index (χ0n) is 20.7. The summed E-state index contributed by atoms with van der Waals surface area (Å²) in [5.41, 5.74) is 8.98. The van der Waals surface area contributed by atoms with Crippen LogP contribution in [-0.4, -0.2) is 0 Å². The van der Waals surface area contributed by atoms with Crippen molar-refractivity contribution in [3.8, 4) is 33.4 Å². The van der Waals surface area contributed by atoms with Crippen molar-refractivity contribution in [2.24, 2.45) is 0 Å².